The average Bonchev–Trinajstić information content (AvgIpc) is 2.03. The molecule has 5 nitrogen and oxygen atoms in total. The molecule has 0 aliphatic carbocycles. The normalized spacial score (nSPS) is 7.93. The first kappa shape index (κ1) is 18.8. The van der Waals surface area contributed by atoms with E-state index in [4.69, 9.17) is 15.9 Å². The molecule has 0 atom stereocenters. The van der Waals surface area contributed by atoms with Gasteiger partial charge in [0.2, 0.25) is 0 Å². The minimum absolute atomic E-state index is 0.0972. The van der Waals surface area contributed by atoms with Crippen LogP contribution in [0.2, 0.25) is 0 Å². The van der Waals surface area contributed by atoms with Gasteiger partial charge in [-0.25, -0.2) is 4.79 Å². The first-order chi connectivity index (χ1) is 6.29. The molecule has 0 fully saturated rings. The quantitative estimate of drug-likeness (QED) is 0.543. The molecule has 0 heterocycles. The average molecular weight is 206 g/mol. The third-order valence-electron chi connectivity index (χ3n) is 0.494. The number of aliphatic carboxylic acids is 1. The van der Waals surface area contributed by atoms with Crippen molar-refractivity contribution in [2.24, 2.45) is 5.73 Å². The molecule has 14 heavy (non-hydrogen) atoms. The van der Waals surface area contributed by atoms with Gasteiger partial charge in [0, 0.05) is 12.1 Å². The second-order valence-corrected chi connectivity index (χ2v) is 2.94. The maximum atomic E-state index is 9.60. The Morgan fingerprint density at radius 1 is 1.43 bits per heavy atom. The van der Waals surface area contributed by atoms with E-state index < -0.39 is 5.97 Å². The van der Waals surface area contributed by atoms with Gasteiger partial charge in [-0.1, -0.05) is 6.58 Å². The SMILES string of the molecule is C=C(C)C(=O)O.CN(C)C.NCCO. The Kier molecular flexibility index (Phi) is 19.6. The summed E-state index contributed by atoms with van der Waals surface area (Å²) in [7, 11) is 6.00. The molecule has 0 saturated heterocycles. The molecule has 0 spiro atoms. The Morgan fingerprint density at radius 3 is 1.57 bits per heavy atom. The molecular formula is C9H22N2O3. The van der Waals surface area contributed by atoms with Crippen molar-refractivity contribution in [1.29, 1.82) is 0 Å². The van der Waals surface area contributed by atoms with Crippen molar-refractivity contribution in [3.63, 3.8) is 0 Å². The van der Waals surface area contributed by atoms with E-state index in [0.717, 1.165) is 0 Å². The van der Waals surface area contributed by atoms with Crippen LogP contribution in [0.4, 0.5) is 0 Å². The van der Waals surface area contributed by atoms with Gasteiger partial charge in [0.25, 0.3) is 0 Å². The van der Waals surface area contributed by atoms with Gasteiger partial charge >= 0.3 is 5.97 Å². The number of hydrogen-bond acceptors (Lipinski definition) is 4. The zero-order chi connectivity index (χ0) is 12.1. The van der Waals surface area contributed by atoms with Crippen LogP contribution in [0.15, 0.2) is 12.2 Å². The summed E-state index contributed by atoms with van der Waals surface area (Å²) in [5.74, 6) is -0.935. The highest BCUT2D eigenvalue weighted by Gasteiger charge is 1.90. The third kappa shape index (κ3) is 67.5. The number of aliphatic hydroxyl groups excluding tert-OH is 1. The Labute approximate surface area is 85.8 Å². The first-order valence-electron chi connectivity index (χ1n) is 4.10. The van der Waals surface area contributed by atoms with Gasteiger partial charge < -0.3 is 20.8 Å². The molecule has 0 bridgehead atoms. The highest BCUT2D eigenvalue weighted by Crippen LogP contribution is 1.81. The van der Waals surface area contributed by atoms with Gasteiger partial charge in [-0.2, -0.15) is 0 Å². The lowest BCUT2D eigenvalue weighted by Gasteiger charge is -1.90. The summed E-state index contributed by atoms with van der Waals surface area (Å²) in [5, 5.41) is 15.6. The van der Waals surface area contributed by atoms with Crippen LogP contribution >= 0.6 is 0 Å². The summed E-state index contributed by atoms with van der Waals surface area (Å²) in [4.78, 5) is 11.6. The van der Waals surface area contributed by atoms with E-state index in [-0.39, 0.29) is 12.2 Å². The van der Waals surface area contributed by atoms with Gasteiger partial charge in [-0.3, -0.25) is 0 Å². The van der Waals surface area contributed by atoms with Crippen LogP contribution in [0.5, 0.6) is 0 Å². The van der Waals surface area contributed by atoms with Crippen molar-refractivity contribution in [3.05, 3.63) is 12.2 Å². The van der Waals surface area contributed by atoms with Crippen LogP contribution < -0.4 is 5.73 Å². The Bertz CT molecular complexity index is 130. The monoisotopic (exact) mass is 206 g/mol. The fraction of sp³-hybridized carbons (Fsp3) is 0.667. The summed E-state index contributed by atoms with van der Waals surface area (Å²) >= 11 is 0. The number of carboxylic acid groups (broad SMARTS) is 1. The predicted octanol–water partition coefficient (Wildman–Crippen LogP) is -0.238. The zero-order valence-electron chi connectivity index (χ0n) is 9.45. The lowest BCUT2D eigenvalue weighted by molar-refractivity contribution is -0.132. The summed E-state index contributed by atoms with van der Waals surface area (Å²) in [6.07, 6.45) is 0. The summed E-state index contributed by atoms with van der Waals surface area (Å²) in [5.41, 5.74) is 4.95. The van der Waals surface area contributed by atoms with E-state index in [9.17, 15) is 4.79 Å². The molecule has 0 saturated carbocycles. The molecule has 0 radical (unpaired) electrons. The van der Waals surface area contributed by atoms with E-state index in [1.807, 2.05) is 26.0 Å². The first-order valence-corrected chi connectivity index (χ1v) is 4.10. The molecule has 0 rings (SSSR count). The van der Waals surface area contributed by atoms with Gasteiger partial charge in [-0.15, -0.1) is 0 Å². The Hall–Kier alpha value is -0.910. The van der Waals surface area contributed by atoms with Crippen molar-refractivity contribution in [2.45, 2.75) is 6.92 Å². The van der Waals surface area contributed by atoms with Gasteiger partial charge in [0.05, 0.1) is 6.61 Å². The van der Waals surface area contributed by atoms with Gasteiger partial charge in [0.1, 0.15) is 0 Å². The van der Waals surface area contributed by atoms with Crippen molar-refractivity contribution in [2.75, 3.05) is 34.3 Å². The Morgan fingerprint density at radius 2 is 1.57 bits per heavy atom. The van der Waals surface area contributed by atoms with E-state index >= 15 is 0 Å². The van der Waals surface area contributed by atoms with Gasteiger partial charge in [-0.05, 0) is 28.1 Å². The number of rotatable bonds is 2. The van der Waals surface area contributed by atoms with Gasteiger partial charge in [0.15, 0.2) is 0 Å². The van der Waals surface area contributed by atoms with E-state index in [1.165, 1.54) is 6.92 Å². The molecule has 0 aliphatic rings. The molecule has 0 aliphatic heterocycles. The molecule has 4 N–H and O–H groups in total. The summed E-state index contributed by atoms with van der Waals surface area (Å²) in [6.45, 7) is 5.07. The molecule has 0 amide bonds. The zero-order valence-corrected chi connectivity index (χ0v) is 9.45. The number of hydrogen-bond donors (Lipinski definition) is 3. The number of nitrogens with zero attached hydrogens (tertiary/aromatic N) is 1. The predicted molar refractivity (Wildman–Crippen MR) is 58.2 cm³/mol. The molecule has 0 aromatic carbocycles. The molecule has 86 valence electrons. The highest BCUT2D eigenvalue weighted by molar-refractivity contribution is 5.84. The van der Waals surface area contributed by atoms with Crippen molar-refractivity contribution in [1.82, 2.24) is 4.90 Å². The molecule has 0 aromatic heterocycles. The Balaban J connectivity index is -0.000000135. The number of aliphatic hydroxyl groups is 1. The van der Waals surface area contributed by atoms with E-state index in [0.29, 0.717) is 6.54 Å². The summed E-state index contributed by atoms with van der Waals surface area (Å²) in [6, 6.07) is 0. The molecule has 5 heteroatoms. The van der Waals surface area contributed by atoms with Crippen LogP contribution in [-0.2, 0) is 4.79 Å². The fourth-order valence-corrected chi connectivity index (χ4v) is 0. The van der Waals surface area contributed by atoms with Crippen LogP contribution in [0.3, 0.4) is 0 Å². The lowest BCUT2D eigenvalue weighted by Crippen LogP contribution is -2.02. The second kappa shape index (κ2) is 14.6. The smallest absolute Gasteiger partial charge is 0.330 e. The summed E-state index contributed by atoms with van der Waals surface area (Å²) < 4.78 is 0. The van der Waals surface area contributed by atoms with Crippen LogP contribution in [0.25, 0.3) is 0 Å². The minimum atomic E-state index is -0.935. The lowest BCUT2D eigenvalue weighted by atomic mass is 10.4. The fourth-order valence-electron chi connectivity index (χ4n) is 0. The van der Waals surface area contributed by atoms with Crippen molar-refractivity contribution >= 4 is 5.97 Å². The largest absolute Gasteiger partial charge is 0.478 e. The number of carboxylic acids is 1. The van der Waals surface area contributed by atoms with Crippen LogP contribution in [-0.4, -0.2) is 55.4 Å². The molecular weight excluding hydrogens is 184 g/mol. The maximum absolute atomic E-state index is 9.60. The minimum Gasteiger partial charge on any atom is -0.478 e. The topological polar surface area (TPSA) is 86.8 Å². The van der Waals surface area contributed by atoms with Crippen LogP contribution in [0.1, 0.15) is 6.92 Å². The van der Waals surface area contributed by atoms with E-state index in [2.05, 4.69) is 6.58 Å². The molecule has 0 aromatic rings. The number of nitrogens with two attached hydrogens (primary N) is 1. The van der Waals surface area contributed by atoms with Crippen molar-refractivity contribution in [3.8, 4) is 0 Å². The van der Waals surface area contributed by atoms with Crippen molar-refractivity contribution < 1.29 is 15.0 Å². The third-order valence-corrected chi connectivity index (χ3v) is 0.494. The van der Waals surface area contributed by atoms with E-state index in [1.54, 1.807) is 0 Å². The highest BCUT2D eigenvalue weighted by atomic mass is 16.4. The maximum Gasteiger partial charge on any atom is 0.330 e. The second-order valence-electron chi connectivity index (χ2n) is 2.94. The number of carbonyl (C=O) groups is 1. The van der Waals surface area contributed by atoms with Crippen LogP contribution in [0, 0.1) is 0 Å². The standard InChI is InChI=1S/C4H6O2.C3H9N.C2H7NO/c1-3(2)4(5)6;1-4(2)3;3-1-2-4/h1H2,2H3,(H,5,6);1-3H3;4H,1-3H2. The molecule has 0 unspecified atom stereocenters.